The number of ether oxygens (including phenoxy) is 2. The average Bonchev–Trinajstić information content (AvgIpc) is 2.73. The number of aromatic nitrogens is 2. The number of nitrogen functional groups attached to an aromatic ring is 1. The smallest absolute Gasteiger partial charge is 0.166 e. The molecule has 1 aromatic carbocycles. The molecule has 1 aliphatic rings. The number of fused-ring (bicyclic) bond motifs is 1. The Hall–Kier alpha value is -2.68. The molecule has 0 bridgehead atoms. The van der Waals surface area contributed by atoms with Crippen molar-refractivity contribution in [3.05, 3.63) is 35.0 Å². The molecule has 0 spiro atoms. The Kier molecular flexibility index (Phi) is 2.95. The molecule has 0 unspecified atom stereocenters. The molecule has 0 radical (unpaired) electrons. The van der Waals surface area contributed by atoms with Crippen molar-refractivity contribution >= 4 is 5.82 Å². The number of hydrogen-bond acceptors (Lipinski definition) is 5. The van der Waals surface area contributed by atoms with Crippen LogP contribution in [0.4, 0.5) is 5.82 Å². The third-order valence-corrected chi connectivity index (χ3v) is 3.25. The fourth-order valence-corrected chi connectivity index (χ4v) is 2.28. The van der Waals surface area contributed by atoms with Crippen LogP contribution in [0.5, 0.6) is 11.5 Å². The maximum absolute atomic E-state index is 9.04. The molecule has 6 nitrogen and oxygen atoms in total. The number of hydrogen-bond donors (Lipinski definition) is 1. The van der Waals surface area contributed by atoms with E-state index in [-0.39, 0.29) is 0 Å². The van der Waals surface area contributed by atoms with Gasteiger partial charge in [0.2, 0.25) is 0 Å². The Morgan fingerprint density at radius 1 is 1.40 bits per heavy atom. The van der Waals surface area contributed by atoms with E-state index >= 15 is 0 Å². The number of para-hydroxylation sites is 1. The van der Waals surface area contributed by atoms with Gasteiger partial charge in [-0.25, -0.2) is 4.68 Å². The van der Waals surface area contributed by atoms with Crippen molar-refractivity contribution in [3.8, 4) is 17.6 Å². The largest absolute Gasteiger partial charge is 0.486 e. The lowest BCUT2D eigenvalue weighted by Gasteiger charge is -2.21. The first kappa shape index (κ1) is 12.4. The Bertz CT molecular complexity index is 700. The van der Waals surface area contributed by atoms with Crippen molar-refractivity contribution in [1.29, 1.82) is 5.26 Å². The van der Waals surface area contributed by atoms with Gasteiger partial charge in [-0.1, -0.05) is 12.1 Å². The molecule has 6 heteroatoms. The highest BCUT2D eigenvalue weighted by atomic mass is 16.6. The van der Waals surface area contributed by atoms with Gasteiger partial charge in [0.15, 0.2) is 11.5 Å². The first-order chi connectivity index (χ1) is 9.70. The van der Waals surface area contributed by atoms with Crippen LogP contribution in [-0.4, -0.2) is 23.0 Å². The van der Waals surface area contributed by atoms with Crippen LogP contribution in [0.15, 0.2) is 18.2 Å². The third kappa shape index (κ3) is 1.93. The van der Waals surface area contributed by atoms with Gasteiger partial charge in [-0.2, -0.15) is 10.4 Å². The lowest BCUT2D eigenvalue weighted by molar-refractivity contribution is 0.169. The quantitative estimate of drug-likeness (QED) is 0.892. The van der Waals surface area contributed by atoms with Crippen LogP contribution in [0.25, 0.3) is 0 Å². The first-order valence-electron chi connectivity index (χ1n) is 6.31. The van der Waals surface area contributed by atoms with Gasteiger partial charge >= 0.3 is 0 Å². The maximum atomic E-state index is 9.04. The predicted molar refractivity (Wildman–Crippen MR) is 72.6 cm³/mol. The molecule has 0 saturated heterocycles. The molecule has 1 aromatic heterocycles. The number of nitrogens with two attached hydrogens (primary N) is 1. The molecule has 0 atom stereocenters. The van der Waals surface area contributed by atoms with Gasteiger partial charge in [-0.3, -0.25) is 0 Å². The van der Waals surface area contributed by atoms with Crippen molar-refractivity contribution in [2.24, 2.45) is 0 Å². The number of nitrogens with zero attached hydrogens (tertiary/aromatic N) is 3. The van der Waals surface area contributed by atoms with E-state index in [0.29, 0.717) is 36.8 Å². The van der Waals surface area contributed by atoms with Crippen molar-refractivity contribution in [2.45, 2.75) is 13.5 Å². The van der Waals surface area contributed by atoms with Gasteiger partial charge in [0.05, 0.1) is 12.2 Å². The minimum Gasteiger partial charge on any atom is -0.486 e. The zero-order chi connectivity index (χ0) is 14.1. The SMILES string of the molecule is Cc1nn(Cc2cccc3c2OCCO3)c(N)c1C#N. The molecule has 2 heterocycles. The fraction of sp³-hybridized carbons (Fsp3) is 0.286. The Morgan fingerprint density at radius 2 is 2.20 bits per heavy atom. The molecule has 2 N–H and O–H groups in total. The Labute approximate surface area is 116 Å². The standard InChI is InChI=1S/C14H14N4O2/c1-9-11(7-15)14(16)18(17-9)8-10-3-2-4-12-13(10)20-6-5-19-12/h2-4H,5-6,8,16H2,1H3. The van der Waals surface area contributed by atoms with E-state index in [4.69, 9.17) is 20.5 Å². The summed E-state index contributed by atoms with van der Waals surface area (Å²) in [5, 5.41) is 13.3. The van der Waals surface area contributed by atoms with Crippen molar-refractivity contribution in [3.63, 3.8) is 0 Å². The summed E-state index contributed by atoms with van der Waals surface area (Å²) in [5.74, 6) is 1.83. The van der Waals surface area contributed by atoms with Gasteiger partial charge < -0.3 is 15.2 Å². The van der Waals surface area contributed by atoms with Crippen LogP contribution < -0.4 is 15.2 Å². The summed E-state index contributed by atoms with van der Waals surface area (Å²) >= 11 is 0. The summed E-state index contributed by atoms with van der Waals surface area (Å²) in [4.78, 5) is 0. The van der Waals surface area contributed by atoms with Crippen LogP contribution in [-0.2, 0) is 6.54 Å². The lowest BCUT2D eigenvalue weighted by Crippen LogP contribution is -2.17. The zero-order valence-corrected chi connectivity index (χ0v) is 11.1. The molecule has 20 heavy (non-hydrogen) atoms. The van der Waals surface area contributed by atoms with Crippen molar-refractivity contribution in [2.75, 3.05) is 18.9 Å². The van der Waals surface area contributed by atoms with Crippen LogP contribution in [0.3, 0.4) is 0 Å². The number of anilines is 1. The van der Waals surface area contributed by atoms with Gasteiger partial charge in [-0.05, 0) is 13.0 Å². The van der Waals surface area contributed by atoms with Crippen LogP contribution in [0.2, 0.25) is 0 Å². The summed E-state index contributed by atoms with van der Waals surface area (Å²) < 4.78 is 12.8. The van der Waals surface area contributed by atoms with Crippen LogP contribution in [0.1, 0.15) is 16.8 Å². The van der Waals surface area contributed by atoms with Gasteiger partial charge in [0.25, 0.3) is 0 Å². The second-order valence-electron chi connectivity index (χ2n) is 4.56. The molecule has 0 fully saturated rings. The molecule has 1 aliphatic heterocycles. The molecule has 3 rings (SSSR count). The van der Waals surface area contributed by atoms with E-state index in [1.807, 2.05) is 18.2 Å². The third-order valence-electron chi connectivity index (χ3n) is 3.25. The number of benzene rings is 1. The van der Waals surface area contributed by atoms with Gasteiger partial charge in [-0.15, -0.1) is 0 Å². The number of rotatable bonds is 2. The number of nitriles is 1. The van der Waals surface area contributed by atoms with Crippen LogP contribution in [0, 0.1) is 18.3 Å². The fourth-order valence-electron chi connectivity index (χ4n) is 2.28. The average molecular weight is 270 g/mol. The Morgan fingerprint density at radius 3 is 2.95 bits per heavy atom. The summed E-state index contributed by atoms with van der Waals surface area (Å²) in [6, 6.07) is 7.78. The minimum absolute atomic E-state index is 0.374. The molecular formula is C14H14N4O2. The second-order valence-corrected chi connectivity index (χ2v) is 4.56. The van der Waals surface area contributed by atoms with Gasteiger partial charge in [0, 0.05) is 5.56 Å². The van der Waals surface area contributed by atoms with Gasteiger partial charge in [0.1, 0.15) is 30.7 Å². The zero-order valence-electron chi connectivity index (χ0n) is 11.1. The van der Waals surface area contributed by atoms with E-state index < -0.39 is 0 Å². The highest BCUT2D eigenvalue weighted by Gasteiger charge is 2.18. The molecule has 0 amide bonds. The molecule has 2 aromatic rings. The van der Waals surface area contributed by atoms with E-state index in [9.17, 15) is 0 Å². The number of aryl methyl sites for hydroxylation is 1. The monoisotopic (exact) mass is 270 g/mol. The normalized spacial score (nSPS) is 13.0. The summed E-state index contributed by atoms with van der Waals surface area (Å²) in [6.45, 7) is 3.30. The highest BCUT2D eigenvalue weighted by Crippen LogP contribution is 2.34. The maximum Gasteiger partial charge on any atom is 0.166 e. The topological polar surface area (TPSA) is 86.1 Å². The van der Waals surface area contributed by atoms with E-state index in [2.05, 4.69) is 11.2 Å². The van der Waals surface area contributed by atoms with E-state index in [1.165, 1.54) is 0 Å². The second kappa shape index (κ2) is 4.78. The first-order valence-corrected chi connectivity index (χ1v) is 6.31. The molecule has 102 valence electrons. The lowest BCUT2D eigenvalue weighted by atomic mass is 10.1. The predicted octanol–water partition coefficient (Wildman–Crippen LogP) is 1.46. The summed E-state index contributed by atoms with van der Waals surface area (Å²) in [7, 11) is 0. The highest BCUT2D eigenvalue weighted by molar-refractivity contribution is 5.53. The van der Waals surface area contributed by atoms with E-state index in [1.54, 1.807) is 11.6 Å². The molecule has 0 saturated carbocycles. The summed E-state index contributed by atoms with van der Waals surface area (Å²) in [5.41, 5.74) is 7.93. The Balaban J connectivity index is 1.98. The van der Waals surface area contributed by atoms with Crippen molar-refractivity contribution < 1.29 is 9.47 Å². The summed E-state index contributed by atoms with van der Waals surface area (Å²) in [6.07, 6.45) is 0. The molecular weight excluding hydrogens is 256 g/mol. The molecule has 0 aliphatic carbocycles. The van der Waals surface area contributed by atoms with E-state index in [0.717, 1.165) is 17.1 Å². The minimum atomic E-state index is 0.374. The van der Waals surface area contributed by atoms with Crippen molar-refractivity contribution in [1.82, 2.24) is 9.78 Å². The van der Waals surface area contributed by atoms with Crippen LogP contribution >= 0.6 is 0 Å².